The molecular weight excluding hydrogens is 260 g/mol. The second-order valence-corrected chi connectivity index (χ2v) is 5.72. The molecule has 19 heavy (non-hydrogen) atoms. The van der Waals surface area contributed by atoms with Crippen molar-refractivity contribution in [2.45, 2.75) is 33.5 Å². The maximum Gasteiger partial charge on any atom is 0.107 e. The van der Waals surface area contributed by atoms with Crippen LogP contribution in [-0.2, 0) is 19.6 Å². The van der Waals surface area contributed by atoms with E-state index in [0.717, 1.165) is 29.5 Å². The van der Waals surface area contributed by atoms with Crippen molar-refractivity contribution in [3.05, 3.63) is 33.5 Å². The highest BCUT2D eigenvalue weighted by Crippen LogP contribution is 2.14. The van der Waals surface area contributed by atoms with Gasteiger partial charge in [-0.3, -0.25) is 9.58 Å². The Morgan fingerprint density at radius 3 is 2.79 bits per heavy atom. The Hall–Kier alpha value is -1.24. The summed E-state index contributed by atoms with van der Waals surface area (Å²) in [5.74, 6) is 0. The Balaban J connectivity index is 1.96. The van der Waals surface area contributed by atoms with Gasteiger partial charge in [-0.05, 0) is 20.9 Å². The van der Waals surface area contributed by atoms with Gasteiger partial charge in [0.25, 0.3) is 0 Å². The average molecular weight is 280 g/mol. The van der Waals surface area contributed by atoms with Gasteiger partial charge in [0.2, 0.25) is 0 Å². The van der Waals surface area contributed by atoms with Gasteiger partial charge in [0.1, 0.15) is 5.01 Å². The predicted molar refractivity (Wildman–Crippen MR) is 76.1 cm³/mol. The van der Waals surface area contributed by atoms with Gasteiger partial charge in [0.15, 0.2) is 0 Å². The fraction of sp³-hybridized carbons (Fsp3) is 0.538. The van der Waals surface area contributed by atoms with Crippen LogP contribution in [0.5, 0.6) is 0 Å². The summed E-state index contributed by atoms with van der Waals surface area (Å²) < 4.78 is 1.80. The van der Waals surface area contributed by atoms with E-state index in [-0.39, 0.29) is 6.61 Å². The van der Waals surface area contributed by atoms with E-state index in [4.69, 9.17) is 5.11 Å². The molecular formula is C13H20N4OS. The van der Waals surface area contributed by atoms with Crippen LogP contribution in [0, 0.1) is 13.8 Å². The van der Waals surface area contributed by atoms with E-state index in [2.05, 4.69) is 27.4 Å². The summed E-state index contributed by atoms with van der Waals surface area (Å²) in [5, 5.41) is 16.5. The van der Waals surface area contributed by atoms with Crippen LogP contribution in [0.2, 0.25) is 0 Å². The molecule has 0 bridgehead atoms. The number of aliphatic hydroxyl groups excluding tert-OH is 1. The van der Waals surface area contributed by atoms with E-state index in [1.807, 2.05) is 20.0 Å². The van der Waals surface area contributed by atoms with Crippen LogP contribution in [0.1, 0.15) is 22.0 Å². The number of rotatable bonds is 6. The lowest BCUT2D eigenvalue weighted by Crippen LogP contribution is -2.17. The first-order valence-electron chi connectivity index (χ1n) is 6.32. The average Bonchev–Trinajstić information content (AvgIpc) is 2.87. The second-order valence-electron chi connectivity index (χ2n) is 4.78. The molecule has 0 aromatic carbocycles. The summed E-state index contributed by atoms with van der Waals surface area (Å²) in [6.45, 7) is 6.39. The van der Waals surface area contributed by atoms with Crippen LogP contribution >= 0.6 is 11.3 Å². The molecule has 0 aliphatic heterocycles. The molecule has 2 aromatic rings. The van der Waals surface area contributed by atoms with Crippen LogP contribution < -0.4 is 0 Å². The van der Waals surface area contributed by atoms with E-state index in [1.54, 1.807) is 16.0 Å². The number of hydrogen-bond donors (Lipinski definition) is 1. The molecule has 2 heterocycles. The molecule has 0 aliphatic rings. The zero-order chi connectivity index (χ0) is 13.8. The molecule has 0 atom stereocenters. The molecule has 2 aromatic heterocycles. The highest BCUT2D eigenvalue weighted by atomic mass is 32.1. The Morgan fingerprint density at radius 2 is 2.16 bits per heavy atom. The first-order valence-corrected chi connectivity index (χ1v) is 7.20. The summed E-state index contributed by atoms with van der Waals surface area (Å²) in [6.07, 6.45) is 2.01. The van der Waals surface area contributed by atoms with Crippen LogP contribution in [0.15, 0.2) is 11.6 Å². The molecule has 0 fully saturated rings. The standard InChI is InChI=1S/C13H20N4OS/c1-10-9-19-13(14-10)8-16(3)6-12-7-17(4-5-18)15-11(12)2/h7,9,18H,4-6,8H2,1-3H3. The summed E-state index contributed by atoms with van der Waals surface area (Å²) in [4.78, 5) is 6.70. The Morgan fingerprint density at radius 1 is 1.37 bits per heavy atom. The Kier molecular flexibility index (Phi) is 4.68. The third kappa shape index (κ3) is 3.86. The molecule has 0 radical (unpaired) electrons. The van der Waals surface area contributed by atoms with Gasteiger partial charge in [-0.15, -0.1) is 11.3 Å². The van der Waals surface area contributed by atoms with Crippen molar-refractivity contribution in [2.24, 2.45) is 0 Å². The fourth-order valence-electron chi connectivity index (χ4n) is 1.98. The number of aromatic nitrogens is 3. The number of aryl methyl sites for hydroxylation is 2. The predicted octanol–water partition coefficient (Wildman–Crippen LogP) is 1.58. The smallest absolute Gasteiger partial charge is 0.107 e. The Labute approximate surface area is 117 Å². The summed E-state index contributed by atoms with van der Waals surface area (Å²) in [6, 6.07) is 0. The third-order valence-electron chi connectivity index (χ3n) is 2.89. The molecule has 0 aliphatic carbocycles. The van der Waals surface area contributed by atoms with E-state index in [0.29, 0.717) is 6.54 Å². The van der Waals surface area contributed by atoms with Gasteiger partial charge in [-0.2, -0.15) is 5.10 Å². The highest BCUT2D eigenvalue weighted by Gasteiger charge is 2.09. The summed E-state index contributed by atoms with van der Waals surface area (Å²) in [5.41, 5.74) is 3.31. The lowest BCUT2D eigenvalue weighted by molar-refractivity contribution is 0.269. The lowest BCUT2D eigenvalue weighted by atomic mass is 10.2. The number of nitrogens with zero attached hydrogens (tertiary/aromatic N) is 4. The summed E-state index contributed by atoms with van der Waals surface area (Å²) >= 11 is 1.70. The highest BCUT2D eigenvalue weighted by molar-refractivity contribution is 7.09. The van der Waals surface area contributed by atoms with Gasteiger partial charge in [-0.1, -0.05) is 0 Å². The first kappa shape index (κ1) is 14.2. The quantitative estimate of drug-likeness (QED) is 0.873. The number of aliphatic hydroxyl groups is 1. The van der Waals surface area contributed by atoms with Crippen molar-refractivity contribution in [3.8, 4) is 0 Å². The SMILES string of the molecule is Cc1csc(CN(C)Cc2cn(CCO)nc2C)n1. The van der Waals surface area contributed by atoms with Gasteiger partial charge in [0.05, 0.1) is 25.4 Å². The minimum absolute atomic E-state index is 0.120. The van der Waals surface area contributed by atoms with E-state index in [1.165, 1.54) is 5.56 Å². The Bertz CT molecular complexity index is 534. The number of thiazole rings is 1. The van der Waals surface area contributed by atoms with Gasteiger partial charge in [0, 0.05) is 29.4 Å². The number of hydrogen-bond acceptors (Lipinski definition) is 5. The summed E-state index contributed by atoms with van der Waals surface area (Å²) in [7, 11) is 2.08. The molecule has 0 spiro atoms. The normalized spacial score (nSPS) is 11.4. The van der Waals surface area contributed by atoms with Gasteiger partial charge < -0.3 is 5.11 Å². The van der Waals surface area contributed by atoms with Crippen LogP contribution in [0.25, 0.3) is 0 Å². The van der Waals surface area contributed by atoms with E-state index < -0.39 is 0 Å². The van der Waals surface area contributed by atoms with Crippen LogP contribution in [0.4, 0.5) is 0 Å². The molecule has 104 valence electrons. The molecule has 2 rings (SSSR count). The zero-order valence-electron chi connectivity index (χ0n) is 11.6. The van der Waals surface area contributed by atoms with Crippen molar-refractivity contribution in [2.75, 3.05) is 13.7 Å². The molecule has 6 heteroatoms. The monoisotopic (exact) mass is 280 g/mol. The lowest BCUT2D eigenvalue weighted by Gasteiger charge is -2.14. The van der Waals surface area contributed by atoms with Crippen molar-refractivity contribution in [3.63, 3.8) is 0 Å². The third-order valence-corrected chi connectivity index (χ3v) is 3.84. The maximum atomic E-state index is 8.92. The minimum atomic E-state index is 0.120. The second kappa shape index (κ2) is 6.27. The van der Waals surface area contributed by atoms with Gasteiger partial charge in [-0.25, -0.2) is 4.98 Å². The topological polar surface area (TPSA) is 54.2 Å². The largest absolute Gasteiger partial charge is 0.394 e. The molecule has 0 saturated carbocycles. The molecule has 0 saturated heterocycles. The van der Waals surface area contributed by atoms with Crippen LogP contribution in [-0.4, -0.2) is 38.4 Å². The molecule has 5 nitrogen and oxygen atoms in total. The first-order chi connectivity index (χ1) is 9.08. The van der Waals surface area contributed by atoms with Crippen molar-refractivity contribution >= 4 is 11.3 Å². The van der Waals surface area contributed by atoms with Gasteiger partial charge >= 0.3 is 0 Å². The van der Waals surface area contributed by atoms with Crippen molar-refractivity contribution in [1.29, 1.82) is 0 Å². The van der Waals surface area contributed by atoms with Crippen molar-refractivity contribution < 1.29 is 5.11 Å². The van der Waals surface area contributed by atoms with E-state index >= 15 is 0 Å². The van der Waals surface area contributed by atoms with Crippen LogP contribution in [0.3, 0.4) is 0 Å². The zero-order valence-corrected chi connectivity index (χ0v) is 12.4. The molecule has 1 N–H and O–H groups in total. The van der Waals surface area contributed by atoms with Crippen molar-refractivity contribution in [1.82, 2.24) is 19.7 Å². The molecule has 0 amide bonds. The maximum absolute atomic E-state index is 8.92. The fourth-order valence-corrected chi connectivity index (χ4v) is 2.84. The minimum Gasteiger partial charge on any atom is -0.394 e. The van der Waals surface area contributed by atoms with E-state index in [9.17, 15) is 0 Å². The molecule has 0 unspecified atom stereocenters.